The fourth-order valence-corrected chi connectivity index (χ4v) is 1.40. The minimum absolute atomic E-state index is 0.268. The van der Waals surface area contributed by atoms with E-state index in [1.165, 1.54) is 0 Å². The van der Waals surface area contributed by atoms with Crippen LogP contribution >= 0.6 is 0 Å². The van der Waals surface area contributed by atoms with Crippen molar-refractivity contribution in [2.24, 2.45) is 0 Å². The van der Waals surface area contributed by atoms with Crippen LogP contribution in [0.4, 0.5) is 17.6 Å². The van der Waals surface area contributed by atoms with Gasteiger partial charge in [-0.05, 0) is 6.42 Å². The van der Waals surface area contributed by atoms with Crippen LogP contribution in [-0.2, 0) is 14.3 Å². The van der Waals surface area contributed by atoms with E-state index >= 15 is 0 Å². The van der Waals surface area contributed by atoms with E-state index in [9.17, 15) is 27.2 Å². The molecule has 118 valence electrons. The number of carboxylic acids is 1. The highest BCUT2D eigenvalue weighted by Gasteiger charge is 2.68. The Bertz CT molecular complexity index is 331. The van der Waals surface area contributed by atoms with Crippen molar-refractivity contribution in [3.63, 3.8) is 0 Å². The van der Waals surface area contributed by atoms with Gasteiger partial charge in [-0.2, -0.15) is 17.6 Å². The summed E-state index contributed by atoms with van der Waals surface area (Å²) in [6.07, 6.45) is 4.73. The molecule has 0 rings (SSSR count). The van der Waals surface area contributed by atoms with Gasteiger partial charge in [-0.25, -0.2) is 9.59 Å². The van der Waals surface area contributed by atoms with E-state index in [-0.39, 0.29) is 6.42 Å². The average molecular weight is 302 g/mol. The van der Waals surface area contributed by atoms with E-state index in [1.54, 1.807) is 0 Å². The first-order chi connectivity index (χ1) is 9.17. The molecule has 20 heavy (non-hydrogen) atoms. The summed E-state index contributed by atoms with van der Waals surface area (Å²) in [7, 11) is 0. The number of halogens is 4. The second-order valence-electron chi connectivity index (χ2n) is 4.36. The van der Waals surface area contributed by atoms with Crippen LogP contribution in [0, 0.1) is 0 Å². The second-order valence-corrected chi connectivity index (χ2v) is 4.36. The van der Waals surface area contributed by atoms with E-state index in [4.69, 9.17) is 5.11 Å². The first-order valence-electron chi connectivity index (χ1n) is 6.34. The normalized spacial score (nSPS) is 12.2. The zero-order chi connectivity index (χ0) is 15.8. The van der Waals surface area contributed by atoms with Crippen molar-refractivity contribution in [1.29, 1.82) is 0 Å². The number of hydrogen-bond acceptors (Lipinski definition) is 3. The lowest BCUT2D eigenvalue weighted by atomic mass is 10.1. The first kappa shape index (κ1) is 18.7. The lowest BCUT2D eigenvalue weighted by Gasteiger charge is -2.20. The van der Waals surface area contributed by atoms with Gasteiger partial charge in [0.1, 0.15) is 0 Å². The van der Waals surface area contributed by atoms with Crippen molar-refractivity contribution in [1.82, 2.24) is 0 Å². The van der Waals surface area contributed by atoms with Crippen molar-refractivity contribution in [2.45, 2.75) is 57.3 Å². The van der Waals surface area contributed by atoms with E-state index in [1.807, 2.05) is 6.92 Å². The van der Waals surface area contributed by atoms with Gasteiger partial charge in [-0.15, -0.1) is 0 Å². The zero-order valence-corrected chi connectivity index (χ0v) is 11.1. The molecule has 0 spiro atoms. The third kappa shape index (κ3) is 4.97. The van der Waals surface area contributed by atoms with Crippen LogP contribution in [0.3, 0.4) is 0 Å². The molecule has 0 amide bonds. The molecule has 0 atom stereocenters. The van der Waals surface area contributed by atoms with E-state index in [0.29, 0.717) is 6.42 Å². The molecule has 0 aromatic rings. The predicted octanol–water partition coefficient (Wildman–Crippen LogP) is 3.25. The van der Waals surface area contributed by atoms with Gasteiger partial charge >= 0.3 is 23.8 Å². The Balaban J connectivity index is 4.11. The quantitative estimate of drug-likeness (QED) is 0.382. The lowest BCUT2D eigenvalue weighted by molar-refractivity contribution is -0.234. The van der Waals surface area contributed by atoms with Crippen LogP contribution in [-0.4, -0.2) is 35.5 Å². The van der Waals surface area contributed by atoms with Crippen LogP contribution in [0.2, 0.25) is 0 Å². The van der Waals surface area contributed by atoms with Gasteiger partial charge in [-0.1, -0.05) is 39.0 Å². The van der Waals surface area contributed by atoms with Crippen molar-refractivity contribution < 1.29 is 37.0 Å². The summed E-state index contributed by atoms with van der Waals surface area (Å²) in [5.41, 5.74) is 0. The highest BCUT2D eigenvalue weighted by atomic mass is 19.3. The molecule has 0 bridgehead atoms. The number of esters is 1. The summed E-state index contributed by atoms with van der Waals surface area (Å²) < 4.78 is 55.1. The Kier molecular flexibility index (Phi) is 7.52. The van der Waals surface area contributed by atoms with Crippen LogP contribution in [0.25, 0.3) is 0 Å². The number of carbonyl (C=O) groups excluding carboxylic acids is 1. The number of unbranched alkanes of at least 4 members (excludes halogenated alkanes) is 5. The maximum absolute atomic E-state index is 12.9. The fourth-order valence-electron chi connectivity index (χ4n) is 1.40. The average Bonchev–Trinajstić information content (AvgIpc) is 2.36. The minimum Gasteiger partial charge on any atom is -0.477 e. The summed E-state index contributed by atoms with van der Waals surface area (Å²) >= 11 is 0. The van der Waals surface area contributed by atoms with Gasteiger partial charge in [0.2, 0.25) is 0 Å². The van der Waals surface area contributed by atoms with Crippen LogP contribution in [0.15, 0.2) is 0 Å². The number of ether oxygens (including phenoxy) is 1. The number of alkyl halides is 4. The van der Waals surface area contributed by atoms with Crippen molar-refractivity contribution in [3.05, 3.63) is 0 Å². The van der Waals surface area contributed by atoms with E-state index in [2.05, 4.69) is 4.74 Å². The van der Waals surface area contributed by atoms with Gasteiger partial charge in [0, 0.05) is 0 Å². The summed E-state index contributed by atoms with van der Waals surface area (Å²) in [4.78, 5) is 20.8. The molecule has 0 aliphatic heterocycles. The molecule has 4 nitrogen and oxygen atoms in total. The first-order valence-corrected chi connectivity index (χ1v) is 6.34. The highest BCUT2D eigenvalue weighted by molar-refractivity contribution is 5.89. The van der Waals surface area contributed by atoms with E-state index < -0.39 is 30.4 Å². The molecule has 0 aliphatic rings. The molecular weight excluding hydrogens is 284 g/mol. The zero-order valence-electron chi connectivity index (χ0n) is 11.1. The van der Waals surface area contributed by atoms with Gasteiger partial charge in [0.15, 0.2) is 0 Å². The van der Waals surface area contributed by atoms with Crippen molar-refractivity contribution in [3.8, 4) is 0 Å². The molecule has 0 aromatic carbocycles. The molecule has 0 heterocycles. The Hall–Kier alpha value is -1.34. The fraction of sp³-hybridized carbons (Fsp3) is 0.833. The molecular formula is C12H18F4O4. The van der Waals surface area contributed by atoms with E-state index in [0.717, 1.165) is 25.7 Å². The number of carbonyl (C=O) groups is 2. The Morgan fingerprint density at radius 1 is 0.950 bits per heavy atom. The van der Waals surface area contributed by atoms with Crippen molar-refractivity contribution >= 4 is 11.9 Å². The molecule has 8 heteroatoms. The summed E-state index contributed by atoms with van der Waals surface area (Å²) in [5.74, 6) is -16.4. The van der Waals surface area contributed by atoms with Gasteiger partial charge in [-0.3, -0.25) is 0 Å². The number of carboxylic acid groups (broad SMARTS) is 1. The minimum atomic E-state index is -5.48. The highest BCUT2D eigenvalue weighted by Crippen LogP contribution is 2.35. The van der Waals surface area contributed by atoms with Gasteiger partial charge < -0.3 is 9.84 Å². The summed E-state index contributed by atoms with van der Waals surface area (Å²) in [6, 6.07) is 0. The molecule has 0 radical (unpaired) electrons. The molecule has 0 unspecified atom stereocenters. The largest absolute Gasteiger partial charge is 0.477 e. The maximum Gasteiger partial charge on any atom is 0.415 e. The number of rotatable bonds is 10. The number of aliphatic carboxylic acids is 1. The summed E-state index contributed by atoms with van der Waals surface area (Å²) in [5, 5.41) is 7.98. The molecule has 0 fully saturated rings. The van der Waals surface area contributed by atoms with Gasteiger partial charge in [0.25, 0.3) is 0 Å². The third-order valence-electron chi connectivity index (χ3n) is 2.65. The van der Waals surface area contributed by atoms with Crippen LogP contribution in [0.1, 0.15) is 45.4 Å². The Morgan fingerprint density at radius 3 is 1.95 bits per heavy atom. The standard InChI is InChI=1S/C12H18F4O4/c1-2-3-4-5-6-7-8-20-10(19)12(15,16)11(13,14)9(17)18/h2-8H2,1H3,(H,17,18). The smallest absolute Gasteiger partial charge is 0.415 e. The topological polar surface area (TPSA) is 63.6 Å². The SMILES string of the molecule is CCCCCCCCOC(=O)C(F)(F)C(F)(F)C(=O)O. The summed E-state index contributed by atoms with van der Waals surface area (Å²) in [6.45, 7) is 1.59. The second kappa shape index (κ2) is 8.06. The molecule has 1 N–H and O–H groups in total. The van der Waals surface area contributed by atoms with Crippen molar-refractivity contribution in [2.75, 3.05) is 6.61 Å². The van der Waals surface area contributed by atoms with Crippen LogP contribution < -0.4 is 0 Å². The Morgan fingerprint density at radius 2 is 1.45 bits per heavy atom. The monoisotopic (exact) mass is 302 g/mol. The predicted molar refractivity (Wildman–Crippen MR) is 61.9 cm³/mol. The Labute approximate surface area is 114 Å². The third-order valence-corrected chi connectivity index (χ3v) is 2.65. The molecule has 0 aromatic heterocycles. The molecule has 0 saturated carbocycles. The number of hydrogen-bond donors (Lipinski definition) is 1. The maximum atomic E-state index is 12.9. The van der Waals surface area contributed by atoms with Crippen LogP contribution in [0.5, 0.6) is 0 Å². The molecule has 0 saturated heterocycles. The lowest BCUT2D eigenvalue weighted by Crippen LogP contribution is -2.53. The molecule has 0 aliphatic carbocycles. The van der Waals surface area contributed by atoms with Gasteiger partial charge in [0.05, 0.1) is 6.61 Å².